The largest absolute Gasteiger partial charge is 0.336 e. The number of nitrogens with zero attached hydrogens (tertiary/aromatic N) is 5. The fraction of sp³-hybridized carbons (Fsp3) is 0.333. The van der Waals surface area contributed by atoms with Gasteiger partial charge in [-0.3, -0.25) is 18.9 Å². The highest BCUT2D eigenvalue weighted by Gasteiger charge is 2.31. The standard InChI is InChI=1S/C18H19N5O2/c1-12-10-13(5-8-19-12)17(24)22-9-6-14(11-22)23-16-15(4-3-7-20-16)21(2)18(23)25/h3-5,7-8,10,14H,6,9,11H2,1-2H3/t14-/m1/s1. The van der Waals surface area contributed by atoms with Crippen molar-refractivity contribution in [3.05, 3.63) is 58.4 Å². The van der Waals surface area contributed by atoms with Gasteiger partial charge in [-0.15, -0.1) is 0 Å². The molecule has 128 valence electrons. The van der Waals surface area contributed by atoms with Gasteiger partial charge in [-0.2, -0.15) is 0 Å². The Morgan fingerprint density at radius 2 is 2.08 bits per heavy atom. The second-order valence-electron chi connectivity index (χ2n) is 6.44. The molecule has 7 heteroatoms. The zero-order chi connectivity index (χ0) is 17.6. The number of imidazole rings is 1. The predicted molar refractivity (Wildman–Crippen MR) is 93.5 cm³/mol. The first-order valence-corrected chi connectivity index (χ1v) is 8.30. The van der Waals surface area contributed by atoms with Crippen LogP contribution in [-0.4, -0.2) is 43.0 Å². The summed E-state index contributed by atoms with van der Waals surface area (Å²) in [5.74, 6) is -0.0192. The van der Waals surface area contributed by atoms with E-state index >= 15 is 0 Å². The molecule has 0 spiro atoms. The quantitative estimate of drug-likeness (QED) is 0.711. The van der Waals surface area contributed by atoms with Gasteiger partial charge in [-0.1, -0.05) is 0 Å². The number of carbonyl (C=O) groups excluding carboxylic acids is 1. The van der Waals surface area contributed by atoms with Crippen LogP contribution in [-0.2, 0) is 7.05 Å². The molecule has 0 N–H and O–H groups in total. The molecule has 0 bridgehead atoms. The first-order valence-electron chi connectivity index (χ1n) is 8.30. The van der Waals surface area contributed by atoms with Crippen molar-refractivity contribution >= 4 is 17.1 Å². The van der Waals surface area contributed by atoms with Crippen LogP contribution in [0.5, 0.6) is 0 Å². The predicted octanol–water partition coefficient (Wildman–Crippen LogP) is 1.53. The van der Waals surface area contributed by atoms with Crippen molar-refractivity contribution in [1.29, 1.82) is 0 Å². The van der Waals surface area contributed by atoms with E-state index in [1.807, 2.05) is 19.1 Å². The fourth-order valence-electron chi connectivity index (χ4n) is 3.52. The smallest absolute Gasteiger partial charge is 0.330 e. The molecule has 0 aliphatic carbocycles. The lowest BCUT2D eigenvalue weighted by molar-refractivity contribution is 0.0787. The van der Waals surface area contributed by atoms with Gasteiger partial charge >= 0.3 is 5.69 Å². The van der Waals surface area contributed by atoms with Gasteiger partial charge in [0.1, 0.15) is 0 Å². The van der Waals surface area contributed by atoms with E-state index in [9.17, 15) is 9.59 Å². The van der Waals surface area contributed by atoms with Crippen LogP contribution < -0.4 is 5.69 Å². The monoisotopic (exact) mass is 337 g/mol. The molecular weight excluding hydrogens is 318 g/mol. The number of carbonyl (C=O) groups is 1. The molecule has 1 amide bonds. The third-order valence-electron chi connectivity index (χ3n) is 4.81. The summed E-state index contributed by atoms with van der Waals surface area (Å²) >= 11 is 0. The second kappa shape index (κ2) is 5.84. The highest BCUT2D eigenvalue weighted by atomic mass is 16.2. The van der Waals surface area contributed by atoms with Gasteiger partial charge < -0.3 is 4.90 Å². The van der Waals surface area contributed by atoms with E-state index < -0.39 is 0 Å². The molecule has 1 fully saturated rings. The molecule has 3 aromatic rings. The van der Waals surface area contributed by atoms with Gasteiger partial charge in [0.2, 0.25) is 0 Å². The maximum absolute atomic E-state index is 12.7. The summed E-state index contributed by atoms with van der Waals surface area (Å²) in [5, 5.41) is 0. The van der Waals surface area contributed by atoms with Crippen LogP contribution >= 0.6 is 0 Å². The van der Waals surface area contributed by atoms with Crippen LogP contribution in [0.2, 0.25) is 0 Å². The van der Waals surface area contributed by atoms with Crippen LogP contribution in [0.3, 0.4) is 0 Å². The molecular formula is C18H19N5O2. The Labute approximate surface area is 144 Å². The summed E-state index contributed by atoms with van der Waals surface area (Å²) in [6, 6.07) is 7.17. The number of aryl methyl sites for hydroxylation is 2. The van der Waals surface area contributed by atoms with Gasteiger partial charge in [-0.05, 0) is 37.6 Å². The maximum Gasteiger partial charge on any atom is 0.330 e. The van der Waals surface area contributed by atoms with Gasteiger partial charge in [-0.25, -0.2) is 9.78 Å². The molecule has 0 unspecified atom stereocenters. The minimum Gasteiger partial charge on any atom is -0.336 e. The van der Waals surface area contributed by atoms with Crippen LogP contribution in [0, 0.1) is 6.92 Å². The van der Waals surface area contributed by atoms with Gasteiger partial charge in [0.05, 0.1) is 11.6 Å². The van der Waals surface area contributed by atoms with Crippen molar-refractivity contribution in [1.82, 2.24) is 24.0 Å². The number of amides is 1. The lowest BCUT2D eigenvalue weighted by atomic mass is 10.2. The summed E-state index contributed by atoms with van der Waals surface area (Å²) < 4.78 is 3.33. The van der Waals surface area contributed by atoms with Crippen LogP contribution in [0.15, 0.2) is 41.5 Å². The molecule has 1 saturated heterocycles. The minimum absolute atomic E-state index is 0.0192. The molecule has 7 nitrogen and oxygen atoms in total. The average Bonchev–Trinajstić information content (AvgIpc) is 3.19. The Bertz CT molecular complexity index is 1020. The molecule has 0 radical (unpaired) electrons. The lowest BCUT2D eigenvalue weighted by Crippen LogP contribution is -2.31. The van der Waals surface area contributed by atoms with Crippen molar-refractivity contribution in [3.63, 3.8) is 0 Å². The zero-order valence-corrected chi connectivity index (χ0v) is 14.2. The number of likely N-dealkylation sites (tertiary alicyclic amines) is 1. The van der Waals surface area contributed by atoms with Crippen LogP contribution in [0.4, 0.5) is 0 Å². The summed E-state index contributed by atoms with van der Waals surface area (Å²) in [5.41, 5.74) is 2.84. The Morgan fingerprint density at radius 1 is 1.24 bits per heavy atom. The van der Waals surface area contributed by atoms with Crippen molar-refractivity contribution in [2.45, 2.75) is 19.4 Å². The van der Waals surface area contributed by atoms with Crippen molar-refractivity contribution in [2.75, 3.05) is 13.1 Å². The number of fused-ring (bicyclic) bond motifs is 1. The number of hydrogen-bond donors (Lipinski definition) is 0. The highest BCUT2D eigenvalue weighted by molar-refractivity contribution is 5.94. The Morgan fingerprint density at radius 3 is 2.88 bits per heavy atom. The van der Waals surface area contributed by atoms with Crippen molar-refractivity contribution in [3.8, 4) is 0 Å². The summed E-state index contributed by atoms with van der Waals surface area (Å²) in [4.78, 5) is 35.7. The van der Waals surface area contributed by atoms with Crippen molar-refractivity contribution < 1.29 is 4.79 Å². The van der Waals surface area contributed by atoms with E-state index in [4.69, 9.17) is 0 Å². The maximum atomic E-state index is 12.7. The molecule has 0 saturated carbocycles. The topological polar surface area (TPSA) is 73.0 Å². The first-order chi connectivity index (χ1) is 12.1. The number of aromatic nitrogens is 4. The third-order valence-corrected chi connectivity index (χ3v) is 4.81. The van der Waals surface area contributed by atoms with E-state index in [0.717, 1.165) is 17.6 Å². The number of rotatable bonds is 2. The Hall–Kier alpha value is -2.96. The van der Waals surface area contributed by atoms with E-state index in [-0.39, 0.29) is 17.6 Å². The van der Waals surface area contributed by atoms with Gasteiger partial charge in [0.25, 0.3) is 5.91 Å². The van der Waals surface area contributed by atoms with Crippen LogP contribution in [0.25, 0.3) is 11.2 Å². The van der Waals surface area contributed by atoms with E-state index in [1.165, 1.54) is 0 Å². The number of hydrogen-bond acceptors (Lipinski definition) is 4. The molecule has 4 heterocycles. The van der Waals surface area contributed by atoms with Gasteiger partial charge in [0.15, 0.2) is 5.65 Å². The number of pyridine rings is 2. The molecule has 1 aliphatic rings. The molecule has 3 aromatic heterocycles. The van der Waals surface area contributed by atoms with E-state index in [0.29, 0.717) is 24.3 Å². The minimum atomic E-state index is -0.0900. The summed E-state index contributed by atoms with van der Waals surface area (Å²) in [6.45, 7) is 3.00. The Balaban J connectivity index is 1.64. The van der Waals surface area contributed by atoms with Gasteiger partial charge in [0, 0.05) is 43.8 Å². The second-order valence-corrected chi connectivity index (χ2v) is 6.44. The molecule has 0 aromatic carbocycles. The molecule has 25 heavy (non-hydrogen) atoms. The highest BCUT2D eigenvalue weighted by Crippen LogP contribution is 2.25. The lowest BCUT2D eigenvalue weighted by Gasteiger charge is -2.17. The fourth-order valence-corrected chi connectivity index (χ4v) is 3.52. The van der Waals surface area contributed by atoms with E-state index in [1.54, 1.807) is 45.6 Å². The van der Waals surface area contributed by atoms with E-state index in [2.05, 4.69) is 9.97 Å². The molecule has 1 atom stereocenters. The van der Waals surface area contributed by atoms with Crippen molar-refractivity contribution in [2.24, 2.45) is 7.05 Å². The molecule has 4 rings (SSSR count). The first kappa shape index (κ1) is 15.6. The normalized spacial score (nSPS) is 17.4. The molecule has 1 aliphatic heterocycles. The SMILES string of the molecule is Cc1cc(C(=O)N2CC[C@@H](n3c(=O)n(C)c4cccnc43)C2)ccn1. The Kier molecular flexibility index (Phi) is 3.63. The zero-order valence-electron chi connectivity index (χ0n) is 14.2. The average molecular weight is 337 g/mol. The third kappa shape index (κ3) is 2.52. The summed E-state index contributed by atoms with van der Waals surface area (Å²) in [7, 11) is 1.75. The van der Waals surface area contributed by atoms with Crippen LogP contribution in [0.1, 0.15) is 28.5 Å². The summed E-state index contributed by atoms with van der Waals surface area (Å²) in [6.07, 6.45) is 4.08.